The molecule has 0 unspecified atom stereocenters. The summed E-state index contributed by atoms with van der Waals surface area (Å²) in [5, 5.41) is 4.93. The van der Waals surface area contributed by atoms with Crippen molar-refractivity contribution in [2.45, 2.75) is 24.9 Å². The van der Waals surface area contributed by atoms with Crippen molar-refractivity contribution < 1.29 is 50.6 Å². The summed E-state index contributed by atoms with van der Waals surface area (Å²) in [5.74, 6) is -7.61. The molecule has 2 atom stereocenters. The van der Waals surface area contributed by atoms with Crippen LogP contribution in [0.15, 0.2) is 97.2 Å². The van der Waals surface area contributed by atoms with Crippen LogP contribution in [0, 0.1) is 29.1 Å². The Hall–Kier alpha value is -6.84. The first kappa shape index (κ1) is 41.3. The highest BCUT2D eigenvalue weighted by Crippen LogP contribution is 2.22. The molecular formula is C41H36F5N5O6. The Labute approximate surface area is 324 Å². The summed E-state index contributed by atoms with van der Waals surface area (Å²) in [6.07, 6.45) is 0.539. The molecule has 4 amide bonds. The third-order valence-corrected chi connectivity index (χ3v) is 8.84. The first-order valence-electron chi connectivity index (χ1n) is 17.2. The van der Waals surface area contributed by atoms with E-state index in [0.29, 0.717) is 23.6 Å². The Balaban J connectivity index is 1.42. The maximum absolute atomic E-state index is 15.3. The lowest BCUT2D eigenvalue weighted by Crippen LogP contribution is -2.49. The summed E-state index contributed by atoms with van der Waals surface area (Å²) in [4.78, 5) is 61.4. The van der Waals surface area contributed by atoms with Crippen LogP contribution < -0.4 is 29.9 Å². The third kappa shape index (κ3) is 10.5. The number of methoxy groups -OCH3 is 2. The summed E-state index contributed by atoms with van der Waals surface area (Å²) >= 11 is 0. The number of rotatable bonds is 14. The Kier molecular flexibility index (Phi) is 13.2. The highest BCUT2D eigenvalue weighted by atomic mass is 19.1. The molecule has 57 heavy (non-hydrogen) atoms. The van der Waals surface area contributed by atoms with Gasteiger partial charge in [0.05, 0.1) is 31.7 Å². The normalized spacial score (nSPS) is 11.9. The van der Waals surface area contributed by atoms with Gasteiger partial charge in [0, 0.05) is 56.4 Å². The van der Waals surface area contributed by atoms with E-state index in [1.165, 1.54) is 51.5 Å². The predicted octanol–water partition coefficient (Wildman–Crippen LogP) is 5.80. The molecular weight excluding hydrogens is 753 g/mol. The molecule has 0 aliphatic heterocycles. The van der Waals surface area contributed by atoms with Gasteiger partial charge in [-0.05, 0) is 83.9 Å². The smallest absolute Gasteiger partial charge is 0.254 e. The van der Waals surface area contributed by atoms with E-state index < -0.39 is 76.8 Å². The van der Waals surface area contributed by atoms with E-state index in [-0.39, 0.29) is 34.7 Å². The van der Waals surface area contributed by atoms with Crippen LogP contribution in [0.3, 0.4) is 0 Å². The second kappa shape index (κ2) is 18.2. The van der Waals surface area contributed by atoms with E-state index in [1.807, 2.05) is 0 Å². The summed E-state index contributed by atoms with van der Waals surface area (Å²) in [7, 11) is 5.65. The maximum atomic E-state index is 15.3. The van der Waals surface area contributed by atoms with Gasteiger partial charge in [0.2, 0.25) is 17.7 Å². The van der Waals surface area contributed by atoms with Gasteiger partial charge in [-0.15, -0.1) is 0 Å². The van der Waals surface area contributed by atoms with Crippen molar-refractivity contribution in [3.63, 3.8) is 0 Å². The largest absolute Gasteiger partial charge is 0.497 e. The number of nitrogens with one attached hydrogen (secondary N) is 2. The van der Waals surface area contributed by atoms with Crippen LogP contribution in [0.25, 0.3) is 0 Å². The van der Waals surface area contributed by atoms with Crippen LogP contribution in [0.2, 0.25) is 0 Å². The minimum atomic E-state index is -1.50. The van der Waals surface area contributed by atoms with E-state index in [4.69, 9.17) is 9.47 Å². The fourth-order valence-corrected chi connectivity index (χ4v) is 5.87. The van der Waals surface area contributed by atoms with Crippen LogP contribution in [0.4, 0.5) is 33.3 Å². The number of hydrogen-bond donors (Lipinski definition) is 2. The summed E-state index contributed by atoms with van der Waals surface area (Å²) in [6.45, 7) is 0. The SMILES string of the molecule is COc1ccc(N(C)C(=O)[C@H](Cc2cc(F)cc(F)c2)NC(=O)c2cc(C(=O)N[C@@H](Cc3cc(F)cc(F)c3)C(=O)N(C)c3ccc(OC)nc3)ccc2F)cc1. The number of anilines is 2. The number of benzene rings is 4. The summed E-state index contributed by atoms with van der Waals surface area (Å²) < 4.78 is 82.1. The lowest BCUT2D eigenvalue weighted by molar-refractivity contribution is -0.120. The second-order valence-electron chi connectivity index (χ2n) is 12.8. The van der Waals surface area contributed by atoms with E-state index >= 15 is 4.39 Å². The maximum Gasteiger partial charge on any atom is 0.254 e. The molecule has 0 aliphatic carbocycles. The average molecular weight is 790 g/mol. The molecule has 11 nitrogen and oxygen atoms in total. The Morgan fingerprint density at radius 3 is 1.58 bits per heavy atom. The predicted molar refractivity (Wildman–Crippen MR) is 200 cm³/mol. The fraction of sp³-hybridized carbons (Fsp3) is 0.195. The van der Waals surface area contributed by atoms with E-state index in [2.05, 4.69) is 15.6 Å². The number of amides is 4. The molecule has 5 rings (SSSR count). The zero-order valence-corrected chi connectivity index (χ0v) is 31.0. The number of halogens is 5. The van der Waals surface area contributed by atoms with Crippen molar-refractivity contribution in [1.29, 1.82) is 0 Å². The molecule has 2 N–H and O–H groups in total. The highest BCUT2D eigenvalue weighted by Gasteiger charge is 2.30. The van der Waals surface area contributed by atoms with Gasteiger partial charge in [0.1, 0.15) is 46.9 Å². The minimum absolute atomic E-state index is 0.00663. The molecule has 0 radical (unpaired) electrons. The molecule has 0 bridgehead atoms. The van der Waals surface area contributed by atoms with Gasteiger partial charge in [0.25, 0.3) is 11.8 Å². The lowest BCUT2D eigenvalue weighted by Gasteiger charge is -2.26. The number of carbonyl (C=O) groups is 4. The molecule has 5 aromatic rings. The molecule has 16 heteroatoms. The number of carbonyl (C=O) groups excluding carboxylic acids is 4. The molecule has 4 aromatic carbocycles. The van der Waals surface area contributed by atoms with E-state index in [9.17, 15) is 36.7 Å². The molecule has 1 aromatic heterocycles. The molecule has 0 aliphatic rings. The van der Waals surface area contributed by atoms with Crippen molar-refractivity contribution in [3.05, 3.63) is 149 Å². The van der Waals surface area contributed by atoms with Crippen LogP contribution in [-0.2, 0) is 22.4 Å². The number of nitrogens with zero attached hydrogens (tertiary/aromatic N) is 3. The minimum Gasteiger partial charge on any atom is -0.497 e. The molecule has 1 heterocycles. The standard InChI is InChI=1S/C41H36F5N5O6/c1-50(30-6-9-32(56-3)10-7-30)40(54)36(18-24-15-28(44)21-29(45)16-24)49-39(53)33-19-25(5-11-34(33)46)38(52)48-35(17-23-13-26(42)20-27(43)14-23)41(55)51(2)31-8-12-37(57-4)47-22-31/h5-16,19-22,35-36H,17-18H2,1-4H3,(H,48,52)(H,49,53)/t35-,36-/m0/s1. The van der Waals surface area contributed by atoms with Gasteiger partial charge >= 0.3 is 0 Å². The van der Waals surface area contributed by atoms with Crippen molar-refractivity contribution in [1.82, 2.24) is 15.6 Å². The van der Waals surface area contributed by atoms with Gasteiger partial charge in [0.15, 0.2) is 0 Å². The van der Waals surface area contributed by atoms with Crippen LogP contribution in [0.5, 0.6) is 11.6 Å². The first-order chi connectivity index (χ1) is 27.1. The number of aromatic nitrogens is 1. The zero-order chi connectivity index (χ0) is 41.4. The summed E-state index contributed by atoms with van der Waals surface area (Å²) in [5.41, 5.74) is -0.297. The van der Waals surface area contributed by atoms with E-state index in [1.54, 1.807) is 24.3 Å². The number of likely N-dealkylation sites (N-methyl/N-ethyl adjacent to an activating group) is 2. The van der Waals surface area contributed by atoms with Crippen molar-refractivity contribution in [2.24, 2.45) is 0 Å². The average Bonchev–Trinajstić information content (AvgIpc) is 3.18. The molecule has 0 saturated carbocycles. The van der Waals surface area contributed by atoms with Crippen LogP contribution in [-0.4, -0.2) is 69.0 Å². The fourth-order valence-electron chi connectivity index (χ4n) is 5.87. The van der Waals surface area contributed by atoms with Gasteiger partial charge in [-0.1, -0.05) is 0 Å². The zero-order valence-electron chi connectivity index (χ0n) is 31.0. The van der Waals surface area contributed by atoms with Crippen LogP contribution in [0.1, 0.15) is 31.8 Å². The number of hydrogen-bond acceptors (Lipinski definition) is 7. The van der Waals surface area contributed by atoms with Gasteiger partial charge in [-0.2, -0.15) is 0 Å². The number of pyridine rings is 1. The highest BCUT2D eigenvalue weighted by molar-refractivity contribution is 6.05. The summed E-state index contributed by atoms with van der Waals surface area (Å²) in [6, 6.07) is 14.3. The first-order valence-corrected chi connectivity index (χ1v) is 17.2. The number of ether oxygens (including phenoxy) is 2. The molecule has 296 valence electrons. The quantitative estimate of drug-likeness (QED) is 0.136. The van der Waals surface area contributed by atoms with Gasteiger partial charge < -0.3 is 29.9 Å². The molecule has 0 saturated heterocycles. The Morgan fingerprint density at radius 2 is 1.11 bits per heavy atom. The van der Waals surface area contributed by atoms with E-state index in [0.717, 1.165) is 47.4 Å². The monoisotopic (exact) mass is 789 g/mol. The van der Waals surface area contributed by atoms with Crippen molar-refractivity contribution in [2.75, 3.05) is 38.1 Å². The molecule has 0 spiro atoms. The van der Waals surface area contributed by atoms with Gasteiger partial charge in [-0.3, -0.25) is 19.2 Å². The van der Waals surface area contributed by atoms with Crippen molar-refractivity contribution in [3.8, 4) is 11.6 Å². The third-order valence-electron chi connectivity index (χ3n) is 8.84. The van der Waals surface area contributed by atoms with Crippen LogP contribution >= 0.6 is 0 Å². The second-order valence-corrected chi connectivity index (χ2v) is 12.8. The van der Waals surface area contributed by atoms with Gasteiger partial charge in [-0.25, -0.2) is 26.9 Å². The topological polar surface area (TPSA) is 130 Å². The molecule has 0 fully saturated rings. The lowest BCUT2D eigenvalue weighted by atomic mass is 10.0. The van der Waals surface area contributed by atoms with Crippen molar-refractivity contribution >= 4 is 35.0 Å². The Bertz CT molecular complexity index is 2240. The Morgan fingerprint density at radius 1 is 0.614 bits per heavy atom.